The summed E-state index contributed by atoms with van der Waals surface area (Å²) in [5.41, 5.74) is 0.268. The van der Waals surface area contributed by atoms with Crippen LogP contribution in [0, 0.1) is 5.92 Å². The van der Waals surface area contributed by atoms with E-state index in [4.69, 9.17) is 9.47 Å². The number of ether oxygens (including phenoxy) is 2. The molecule has 186 valence electrons. The number of sulfonamides is 1. The summed E-state index contributed by atoms with van der Waals surface area (Å²) >= 11 is 0. The Morgan fingerprint density at radius 1 is 1.09 bits per heavy atom. The van der Waals surface area contributed by atoms with Gasteiger partial charge in [0, 0.05) is 12.6 Å². The van der Waals surface area contributed by atoms with Crippen LogP contribution in [0.1, 0.15) is 26.2 Å². The van der Waals surface area contributed by atoms with E-state index in [1.54, 1.807) is 36.4 Å². The Morgan fingerprint density at radius 2 is 1.79 bits per heavy atom. The van der Waals surface area contributed by atoms with Crippen molar-refractivity contribution in [2.24, 2.45) is 5.92 Å². The van der Waals surface area contributed by atoms with Gasteiger partial charge in [-0.1, -0.05) is 25.1 Å². The molecule has 3 rings (SSSR count). The molecule has 0 atom stereocenters. The minimum absolute atomic E-state index is 0.0972. The van der Waals surface area contributed by atoms with E-state index < -0.39 is 10.0 Å². The summed E-state index contributed by atoms with van der Waals surface area (Å²) in [5.74, 6) is 1.23. The number of hydrogen-bond acceptors (Lipinski definition) is 6. The number of likely N-dealkylation sites (tertiary alicyclic amines) is 1. The Hall–Kier alpha value is -2.78. The van der Waals surface area contributed by atoms with Crippen LogP contribution in [-0.2, 0) is 14.8 Å². The molecule has 1 amide bonds. The lowest BCUT2D eigenvalue weighted by atomic mass is 9.99. The molecule has 2 aromatic carbocycles. The van der Waals surface area contributed by atoms with Crippen molar-refractivity contribution in [3.8, 4) is 11.5 Å². The number of nitrogens with one attached hydrogen (secondary N) is 1. The molecule has 0 unspecified atom stereocenters. The molecule has 1 aliphatic rings. The van der Waals surface area contributed by atoms with E-state index in [0.717, 1.165) is 36.3 Å². The van der Waals surface area contributed by atoms with Gasteiger partial charge < -0.3 is 19.7 Å². The predicted molar refractivity (Wildman–Crippen MR) is 133 cm³/mol. The van der Waals surface area contributed by atoms with Crippen LogP contribution < -0.4 is 19.1 Å². The monoisotopic (exact) mass is 489 g/mol. The van der Waals surface area contributed by atoms with Crippen molar-refractivity contribution < 1.29 is 22.7 Å². The second-order valence-corrected chi connectivity index (χ2v) is 10.5. The first-order valence-electron chi connectivity index (χ1n) is 11.6. The fraction of sp³-hybridized carbons (Fsp3) is 0.480. The molecule has 0 radical (unpaired) electrons. The van der Waals surface area contributed by atoms with E-state index in [1.165, 1.54) is 39.2 Å². The molecule has 2 aromatic rings. The maximum absolute atomic E-state index is 13.5. The Labute approximate surface area is 202 Å². The summed E-state index contributed by atoms with van der Waals surface area (Å²) in [6.45, 7) is 5.52. The first-order chi connectivity index (χ1) is 16.3. The van der Waals surface area contributed by atoms with E-state index in [-0.39, 0.29) is 23.0 Å². The Kier molecular flexibility index (Phi) is 9.18. The maximum atomic E-state index is 13.5. The Morgan fingerprint density at radius 3 is 2.44 bits per heavy atom. The van der Waals surface area contributed by atoms with E-state index in [0.29, 0.717) is 18.0 Å². The number of methoxy groups -OCH3 is 2. The molecule has 8 nitrogen and oxygen atoms in total. The van der Waals surface area contributed by atoms with E-state index in [9.17, 15) is 13.2 Å². The fourth-order valence-electron chi connectivity index (χ4n) is 4.01. The number of hydrogen-bond donors (Lipinski definition) is 1. The third-order valence-corrected chi connectivity index (χ3v) is 7.90. The SMILES string of the molecule is COc1ccc(N(CC(=O)NCCCN2CCC(C)CC2)S(=O)(=O)c2ccccc2)c(OC)c1. The average Bonchev–Trinajstić information content (AvgIpc) is 2.86. The van der Waals surface area contributed by atoms with Crippen LogP contribution in [0.5, 0.6) is 11.5 Å². The number of amides is 1. The Bertz CT molecular complexity index is 1040. The van der Waals surface area contributed by atoms with Gasteiger partial charge in [-0.3, -0.25) is 9.10 Å². The number of carbonyl (C=O) groups is 1. The van der Waals surface area contributed by atoms with Crippen LogP contribution in [0.4, 0.5) is 5.69 Å². The second-order valence-electron chi connectivity index (χ2n) is 8.59. The first-order valence-corrected chi connectivity index (χ1v) is 13.1. The molecule has 34 heavy (non-hydrogen) atoms. The number of rotatable bonds is 11. The molecular weight excluding hydrogens is 454 g/mol. The van der Waals surface area contributed by atoms with Crippen molar-refractivity contribution in [3.63, 3.8) is 0 Å². The minimum atomic E-state index is -4.01. The van der Waals surface area contributed by atoms with E-state index in [1.807, 2.05) is 0 Å². The standard InChI is InChI=1S/C25H35N3O5S/c1-20-12-16-27(17-13-20)15-7-14-26-25(29)19-28(34(30,31)22-8-5-4-6-9-22)23-11-10-21(32-2)18-24(23)33-3/h4-6,8-11,18,20H,7,12-17,19H2,1-3H3,(H,26,29). The highest BCUT2D eigenvalue weighted by atomic mass is 32.2. The molecule has 0 spiro atoms. The lowest BCUT2D eigenvalue weighted by Crippen LogP contribution is -2.42. The highest BCUT2D eigenvalue weighted by Crippen LogP contribution is 2.35. The first kappa shape index (κ1) is 25.8. The zero-order chi connectivity index (χ0) is 24.6. The number of carbonyl (C=O) groups excluding carboxylic acids is 1. The van der Waals surface area contributed by atoms with Gasteiger partial charge in [0.1, 0.15) is 18.0 Å². The predicted octanol–water partition coefficient (Wildman–Crippen LogP) is 3.14. The van der Waals surface area contributed by atoms with Gasteiger partial charge in [-0.05, 0) is 69.1 Å². The van der Waals surface area contributed by atoms with Crippen LogP contribution >= 0.6 is 0 Å². The average molecular weight is 490 g/mol. The van der Waals surface area contributed by atoms with Gasteiger partial charge in [0.25, 0.3) is 10.0 Å². The van der Waals surface area contributed by atoms with Crippen molar-refractivity contribution in [1.82, 2.24) is 10.2 Å². The van der Waals surface area contributed by atoms with Crippen LogP contribution in [0.25, 0.3) is 0 Å². The molecule has 0 bridgehead atoms. The van der Waals surface area contributed by atoms with Crippen LogP contribution in [-0.4, -0.2) is 66.2 Å². The van der Waals surface area contributed by atoms with Crippen LogP contribution in [0.15, 0.2) is 53.4 Å². The van der Waals surface area contributed by atoms with Crippen molar-refractivity contribution in [3.05, 3.63) is 48.5 Å². The topological polar surface area (TPSA) is 88.2 Å². The third-order valence-electron chi connectivity index (χ3n) is 6.12. The van der Waals surface area contributed by atoms with Gasteiger partial charge in [0.15, 0.2) is 0 Å². The molecule has 1 saturated heterocycles. The smallest absolute Gasteiger partial charge is 0.264 e. The van der Waals surface area contributed by atoms with Gasteiger partial charge in [-0.2, -0.15) is 0 Å². The van der Waals surface area contributed by atoms with Gasteiger partial charge in [0.2, 0.25) is 5.91 Å². The van der Waals surface area contributed by atoms with E-state index in [2.05, 4.69) is 17.1 Å². The number of piperidine rings is 1. The summed E-state index contributed by atoms with van der Waals surface area (Å²) in [4.78, 5) is 15.3. The normalized spacial score (nSPS) is 15.0. The number of nitrogens with zero attached hydrogens (tertiary/aromatic N) is 2. The van der Waals surface area contributed by atoms with Gasteiger partial charge in [-0.25, -0.2) is 8.42 Å². The van der Waals surface area contributed by atoms with Gasteiger partial charge >= 0.3 is 0 Å². The number of benzene rings is 2. The summed E-state index contributed by atoms with van der Waals surface area (Å²) in [7, 11) is -1.04. The van der Waals surface area contributed by atoms with Crippen LogP contribution in [0.2, 0.25) is 0 Å². The number of anilines is 1. The molecule has 1 heterocycles. The lowest BCUT2D eigenvalue weighted by Gasteiger charge is -2.30. The molecule has 0 saturated carbocycles. The zero-order valence-corrected chi connectivity index (χ0v) is 21.0. The highest BCUT2D eigenvalue weighted by Gasteiger charge is 2.29. The van der Waals surface area contributed by atoms with Crippen molar-refractivity contribution >= 4 is 21.6 Å². The molecule has 0 aliphatic carbocycles. The minimum Gasteiger partial charge on any atom is -0.497 e. The Balaban J connectivity index is 1.72. The van der Waals surface area contributed by atoms with Crippen molar-refractivity contribution in [2.75, 3.05) is 51.2 Å². The van der Waals surface area contributed by atoms with Gasteiger partial charge in [-0.15, -0.1) is 0 Å². The summed E-state index contributed by atoms with van der Waals surface area (Å²) in [6.07, 6.45) is 3.24. The molecule has 1 fully saturated rings. The highest BCUT2D eigenvalue weighted by molar-refractivity contribution is 7.92. The van der Waals surface area contributed by atoms with Crippen molar-refractivity contribution in [2.45, 2.75) is 31.1 Å². The maximum Gasteiger partial charge on any atom is 0.264 e. The third kappa shape index (κ3) is 6.64. The largest absolute Gasteiger partial charge is 0.497 e. The summed E-state index contributed by atoms with van der Waals surface area (Å²) < 4.78 is 38.8. The van der Waals surface area contributed by atoms with E-state index >= 15 is 0 Å². The van der Waals surface area contributed by atoms with Crippen LogP contribution in [0.3, 0.4) is 0 Å². The molecule has 1 aliphatic heterocycles. The second kappa shape index (κ2) is 12.1. The fourth-order valence-corrected chi connectivity index (χ4v) is 5.47. The molecule has 0 aromatic heterocycles. The molecule has 1 N–H and O–H groups in total. The molecule has 9 heteroatoms. The van der Waals surface area contributed by atoms with Gasteiger partial charge in [0.05, 0.1) is 24.8 Å². The summed E-state index contributed by atoms with van der Waals surface area (Å²) in [6, 6.07) is 12.9. The lowest BCUT2D eigenvalue weighted by molar-refractivity contribution is -0.119. The zero-order valence-electron chi connectivity index (χ0n) is 20.2. The molecular formula is C25H35N3O5S. The quantitative estimate of drug-likeness (QED) is 0.488. The summed E-state index contributed by atoms with van der Waals surface area (Å²) in [5, 5.41) is 2.88. The van der Waals surface area contributed by atoms with Crippen molar-refractivity contribution in [1.29, 1.82) is 0 Å².